The summed E-state index contributed by atoms with van der Waals surface area (Å²) in [5.74, 6) is 1.06. The fourth-order valence-corrected chi connectivity index (χ4v) is 3.07. The predicted octanol–water partition coefficient (Wildman–Crippen LogP) is 4.42. The van der Waals surface area contributed by atoms with E-state index in [1.807, 2.05) is 53.4 Å². The van der Waals surface area contributed by atoms with E-state index < -0.39 is 0 Å². The number of hydrogen-bond acceptors (Lipinski definition) is 3. The van der Waals surface area contributed by atoms with Crippen LogP contribution in [0, 0.1) is 0 Å². The highest BCUT2D eigenvalue weighted by Crippen LogP contribution is 2.22. The maximum absolute atomic E-state index is 12.5. The lowest BCUT2D eigenvalue weighted by molar-refractivity contribution is -0.117. The highest BCUT2D eigenvalue weighted by molar-refractivity contribution is 5.98. The Kier molecular flexibility index (Phi) is 6.05. The van der Waals surface area contributed by atoms with E-state index in [1.165, 1.54) is 0 Å². The third-order valence-corrected chi connectivity index (χ3v) is 4.63. The van der Waals surface area contributed by atoms with Gasteiger partial charge in [-0.25, -0.2) is 0 Å². The standard InChI is InChI=1S/C22H25NO3/c1-2-3-15-26-20-12-8-18(9-13-20)21(24)16-17-6-10-19(11-7-17)23-14-4-5-22(23)25/h6-13H,2-5,14-16H2,1H3. The van der Waals surface area contributed by atoms with Crippen molar-refractivity contribution in [1.29, 1.82) is 0 Å². The predicted molar refractivity (Wildman–Crippen MR) is 103 cm³/mol. The van der Waals surface area contributed by atoms with Gasteiger partial charge in [-0.05, 0) is 54.8 Å². The molecule has 2 aromatic rings. The first kappa shape index (κ1) is 18.2. The molecule has 1 amide bonds. The molecule has 0 aliphatic carbocycles. The summed E-state index contributed by atoms with van der Waals surface area (Å²) < 4.78 is 5.63. The molecule has 1 saturated heterocycles. The molecule has 0 atom stereocenters. The van der Waals surface area contributed by atoms with Gasteiger partial charge < -0.3 is 9.64 Å². The summed E-state index contributed by atoms with van der Waals surface area (Å²) in [6.45, 7) is 3.61. The minimum Gasteiger partial charge on any atom is -0.494 e. The van der Waals surface area contributed by atoms with Crippen molar-refractivity contribution in [1.82, 2.24) is 0 Å². The Morgan fingerprint density at radius 1 is 1.08 bits per heavy atom. The van der Waals surface area contributed by atoms with Crippen LogP contribution in [0.1, 0.15) is 48.5 Å². The topological polar surface area (TPSA) is 46.6 Å². The molecule has 0 bridgehead atoms. The third-order valence-electron chi connectivity index (χ3n) is 4.63. The second-order valence-corrected chi connectivity index (χ2v) is 6.64. The van der Waals surface area contributed by atoms with Gasteiger partial charge in [0.25, 0.3) is 0 Å². The molecule has 0 spiro atoms. The molecule has 2 aromatic carbocycles. The van der Waals surface area contributed by atoms with Crippen LogP contribution >= 0.6 is 0 Å². The molecule has 1 aliphatic heterocycles. The van der Waals surface area contributed by atoms with Crippen LogP contribution in [0.2, 0.25) is 0 Å². The molecule has 0 unspecified atom stereocenters. The van der Waals surface area contributed by atoms with E-state index in [0.29, 0.717) is 25.0 Å². The molecule has 26 heavy (non-hydrogen) atoms. The Hall–Kier alpha value is -2.62. The zero-order valence-corrected chi connectivity index (χ0v) is 15.2. The molecule has 0 aromatic heterocycles. The third kappa shape index (κ3) is 4.51. The average Bonchev–Trinajstić information content (AvgIpc) is 3.09. The number of anilines is 1. The molecule has 1 aliphatic rings. The number of carbonyl (C=O) groups is 2. The fourth-order valence-electron chi connectivity index (χ4n) is 3.07. The second-order valence-electron chi connectivity index (χ2n) is 6.64. The molecule has 0 saturated carbocycles. The molecule has 1 heterocycles. The van der Waals surface area contributed by atoms with Gasteiger partial charge in [0, 0.05) is 30.6 Å². The smallest absolute Gasteiger partial charge is 0.227 e. The summed E-state index contributed by atoms with van der Waals surface area (Å²) >= 11 is 0. The summed E-state index contributed by atoms with van der Waals surface area (Å²) in [6, 6.07) is 15.1. The Bertz CT molecular complexity index is 750. The molecule has 0 N–H and O–H groups in total. The quantitative estimate of drug-likeness (QED) is 0.522. The summed E-state index contributed by atoms with van der Waals surface area (Å²) in [4.78, 5) is 26.1. The summed E-state index contributed by atoms with van der Waals surface area (Å²) in [7, 11) is 0. The van der Waals surface area contributed by atoms with Gasteiger partial charge in [0.05, 0.1) is 6.61 Å². The van der Waals surface area contributed by atoms with Gasteiger partial charge in [-0.2, -0.15) is 0 Å². The zero-order chi connectivity index (χ0) is 18.4. The zero-order valence-electron chi connectivity index (χ0n) is 15.2. The SMILES string of the molecule is CCCCOc1ccc(C(=O)Cc2ccc(N3CCCC3=O)cc2)cc1. The molecule has 0 radical (unpaired) electrons. The van der Waals surface area contributed by atoms with Crippen LogP contribution in [0.5, 0.6) is 5.75 Å². The Morgan fingerprint density at radius 2 is 1.81 bits per heavy atom. The fraction of sp³-hybridized carbons (Fsp3) is 0.364. The van der Waals surface area contributed by atoms with Crippen molar-refractivity contribution in [3.05, 3.63) is 59.7 Å². The van der Waals surface area contributed by atoms with Crippen molar-refractivity contribution in [3.8, 4) is 5.75 Å². The number of Topliss-reactive ketones (excluding diaryl/α,β-unsaturated/α-hetero) is 1. The summed E-state index contributed by atoms with van der Waals surface area (Å²) in [6.07, 6.45) is 4.01. The first-order valence-electron chi connectivity index (χ1n) is 9.32. The lowest BCUT2D eigenvalue weighted by Crippen LogP contribution is -2.23. The van der Waals surface area contributed by atoms with Crippen LogP contribution in [0.3, 0.4) is 0 Å². The average molecular weight is 351 g/mol. The van der Waals surface area contributed by atoms with E-state index in [0.717, 1.165) is 42.8 Å². The van der Waals surface area contributed by atoms with E-state index in [-0.39, 0.29) is 11.7 Å². The van der Waals surface area contributed by atoms with Gasteiger partial charge in [0.1, 0.15) is 5.75 Å². The van der Waals surface area contributed by atoms with Crippen molar-refractivity contribution in [2.24, 2.45) is 0 Å². The number of carbonyl (C=O) groups excluding carboxylic acids is 2. The van der Waals surface area contributed by atoms with Crippen LogP contribution in [0.25, 0.3) is 0 Å². The van der Waals surface area contributed by atoms with E-state index in [4.69, 9.17) is 4.74 Å². The van der Waals surface area contributed by atoms with Gasteiger partial charge in [0.2, 0.25) is 5.91 Å². The monoisotopic (exact) mass is 351 g/mol. The number of rotatable bonds is 8. The minimum absolute atomic E-state index is 0.0788. The first-order chi connectivity index (χ1) is 12.7. The van der Waals surface area contributed by atoms with Gasteiger partial charge in [-0.3, -0.25) is 9.59 Å². The number of ketones is 1. The number of ether oxygens (including phenoxy) is 1. The van der Waals surface area contributed by atoms with Gasteiger partial charge in [-0.15, -0.1) is 0 Å². The molecule has 4 heteroatoms. The van der Waals surface area contributed by atoms with Crippen LogP contribution < -0.4 is 9.64 Å². The number of unbranched alkanes of at least 4 members (excludes halogenated alkanes) is 1. The number of hydrogen-bond donors (Lipinski definition) is 0. The van der Waals surface area contributed by atoms with E-state index in [1.54, 1.807) is 0 Å². The Morgan fingerprint density at radius 3 is 2.42 bits per heavy atom. The van der Waals surface area contributed by atoms with Crippen molar-refractivity contribution in [3.63, 3.8) is 0 Å². The van der Waals surface area contributed by atoms with Crippen LogP contribution in [-0.4, -0.2) is 24.8 Å². The molecular weight excluding hydrogens is 326 g/mol. The van der Waals surface area contributed by atoms with Crippen LogP contribution in [-0.2, 0) is 11.2 Å². The maximum atomic E-state index is 12.5. The van der Waals surface area contributed by atoms with Gasteiger partial charge >= 0.3 is 0 Å². The van der Waals surface area contributed by atoms with Crippen molar-refractivity contribution >= 4 is 17.4 Å². The van der Waals surface area contributed by atoms with Gasteiger partial charge in [-0.1, -0.05) is 25.5 Å². The maximum Gasteiger partial charge on any atom is 0.227 e. The minimum atomic E-state index is 0.0788. The Balaban J connectivity index is 1.58. The van der Waals surface area contributed by atoms with E-state index >= 15 is 0 Å². The molecule has 3 rings (SSSR count). The number of amides is 1. The molecule has 4 nitrogen and oxygen atoms in total. The van der Waals surface area contributed by atoms with Crippen molar-refractivity contribution in [2.45, 2.75) is 39.0 Å². The van der Waals surface area contributed by atoms with E-state index in [9.17, 15) is 9.59 Å². The highest BCUT2D eigenvalue weighted by atomic mass is 16.5. The Labute approximate surface area is 154 Å². The number of benzene rings is 2. The lowest BCUT2D eigenvalue weighted by Gasteiger charge is -2.15. The summed E-state index contributed by atoms with van der Waals surface area (Å²) in [5.41, 5.74) is 2.55. The number of nitrogens with zero attached hydrogens (tertiary/aromatic N) is 1. The lowest BCUT2D eigenvalue weighted by atomic mass is 10.0. The van der Waals surface area contributed by atoms with Crippen molar-refractivity contribution in [2.75, 3.05) is 18.1 Å². The molecule has 136 valence electrons. The first-order valence-corrected chi connectivity index (χ1v) is 9.32. The second kappa shape index (κ2) is 8.65. The largest absolute Gasteiger partial charge is 0.494 e. The summed E-state index contributed by atoms with van der Waals surface area (Å²) in [5, 5.41) is 0. The normalized spacial score (nSPS) is 13.9. The van der Waals surface area contributed by atoms with Crippen molar-refractivity contribution < 1.29 is 14.3 Å². The van der Waals surface area contributed by atoms with Gasteiger partial charge in [0.15, 0.2) is 5.78 Å². The van der Waals surface area contributed by atoms with Crippen LogP contribution in [0.4, 0.5) is 5.69 Å². The molecular formula is C22H25NO3. The highest BCUT2D eigenvalue weighted by Gasteiger charge is 2.21. The molecule has 1 fully saturated rings. The van der Waals surface area contributed by atoms with Crippen LogP contribution in [0.15, 0.2) is 48.5 Å². The van der Waals surface area contributed by atoms with E-state index in [2.05, 4.69) is 6.92 Å².